The van der Waals surface area contributed by atoms with Gasteiger partial charge in [0.1, 0.15) is 0 Å². The fourth-order valence-corrected chi connectivity index (χ4v) is 5.32. The topological polar surface area (TPSA) is 62.1 Å². The van der Waals surface area contributed by atoms with Gasteiger partial charge in [0.15, 0.2) is 0 Å². The van der Waals surface area contributed by atoms with Gasteiger partial charge in [0.2, 0.25) is 0 Å². The summed E-state index contributed by atoms with van der Waals surface area (Å²) in [5.74, 6) is -0.129. The standard InChI is InChI=1S/C19H17BrIN2O2/c1-19(11-22)12-25-10-15-3-2-14(7-17(15)19)18(24)23-9-13-6-16(20)4-5-21-8-13/h2-8H,9-10,12H2,1H3,(H,23,24)/q-1/t19-/m1/s1. The molecule has 0 radical (unpaired) electrons. The molecule has 1 atom stereocenters. The first-order chi connectivity index (χ1) is 12.0. The summed E-state index contributed by atoms with van der Waals surface area (Å²) in [4.78, 5) is 12.5. The zero-order valence-corrected chi connectivity index (χ0v) is 17.4. The van der Waals surface area contributed by atoms with E-state index in [-0.39, 0.29) is 27.1 Å². The average Bonchev–Trinajstić information content (AvgIpc) is 2.83. The zero-order valence-electron chi connectivity index (χ0n) is 13.7. The third kappa shape index (κ3) is 4.22. The van der Waals surface area contributed by atoms with Gasteiger partial charge in [-0.3, -0.25) is 0 Å². The van der Waals surface area contributed by atoms with Gasteiger partial charge in [-0.25, -0.2) is 0 Å². The first-order valence-corrected chi connectivity index (χ1v) is 11.1. The molecule has 0 aromatic heterocycles. The number of allylic oxidation sites excluding steroid dienone is 2. The molecule has 0 saturated carbocycles. The predicted molar refractivity (Wildman–Crippen MR) is 95.6 cm³/mol. The number of hydrogen-bond acceptors (Lipinski definition) is 3. The number of fused-ring (bicyclic) bond motifs is 1. The number of nitrogens with one attached hydrogen (secondary N) is 1. The van der Waals surface area contributed by atoms with Gasteiger partial charge in [-0.1, -0.05) is 0 Å². The van der Waals surface area contributed by atoms with E-state index < -0.39 is 5.41 Å². The Morgan fingerprint density at radius 3 is 3.16 bits per heavy atom. The first kappa shape index (κ1) is 18.4. The van der Waals surface area contributed by atoms with Crippen molar-refractivity contribution in [3.05, 3.63) is 65.3 Å². The molecule has 6 heteroatoms. The first-order valence-electron chi connectivity index (χ1n) is 7.77. The summed E-state index contributed by atoms with van der Waals surface area (Å²) in [6.45, 7) is 3.17. The number of ether oxygens (including phenoxy) is 1. The Morgan fingerprint density at radius 2 is 2.36 bits per heavy atom. The van der Waals surface area contributed by atoms with Crippen LogP contribution in [0.15, 0.2) is 48.6 Å². The fourth-order valence-electron chi connectivity index (χ4n) is 2.74. The molecule has 2 aliphatic rings. The molecule has 0 aliphatic carbocycles. The second-order valence-corrected chi connectivity index (χ2v) is 9.10. The third-order valence-corrected chi connectivity index (χ3v) is 6.56. The van der Waals surface area contributed by atoms with Gasteiger partial charge in [0, 0.05) is 0 Å². The van der Waals surface area contributed by atoms with Gasteiger partial charge in [-0.05, 0) is 0 Å². The van der Waals surface area contributed by atoms with E-state index in [4.69, 9.17) is 4.74 Å². The van der Waals surface area contributed by atoms with E-state index in [1.807, 2.05) is 31.2 Å². The van der Waals surface area contributed by atoms with Crippen molar-refractivity contribution in [2.45, 2.75) is 18.9 Å². The summed E-state index contributed by atoms with van der Waals surface area (Å²) < 4.78 is 10.9. The van der Waals surface area contributed by atoms with Crippen LogP contribution in [0.3, 0.4) is 0 Å². The van der Waals surface area contributed by atoms with Crippen LogP contribution >= 0.6 is 15.9 Å². The summed E-state index contributed by atoms with van der Waals surface area (Å²) in [5.41, 5.74) is 2.83. The predicted octanol–water partition coefficient (Wildman–Crippen LogP) is 0.507. The quantitative estimate of drug-likeness (QED) is 0.601. The minimum atomic E-state index is -0.711. The molecule has 0 saturated heterocycles. The zero-order chi connectivity index (χ0) is 17.9. The number of nitrogens with zero attached hydrogens (tertiary/aromatic N) is 1. The summed E-state index contributed by atoms with van der Waals surface area (Å²) in [5, 5.41) is 12.5. The number of carbonyl (C=O) groups is 1. The van der Waals surface area contributed by atoms with E-state index in [9.17, 15) is 10.1 Å². The van der Waals surface area contributed by atoms with Crippen molar-refractivity contribution in [2.75, 3.05) is 13.2 Å². The molecule has 0 fully saturated rings. The average molecular weight is 512 g/mol. The van der Waals surface area contributed by atoms with Crippen LogP contribution in [-0.4, -0.2) is 19.1 Å². The molecule has 0 bridgehead atoms. The Hall–Kier alpha value is -1.43. The number of benzene rings is 1. The van der Waals surface area contributed by atoms with E-state index in [0.717, 1.165) is 21.2 Å². The Bertz CT molecular complexity index is 838. The van der Waals surface area contributed by atoms with Crippen LogP contribution in [0.2, 0.25) is 0 Å². The van der Waals surface area contributed by atoms with E-state index in [2.05, 4.69) is 35.5 Å². The van der Waals surface area contributed by atoms with Crippen LogP contribution in [0.25, 0.3) is 0 Å². The van der Waals surface area contributed by atoms with Crippen molar-refractivity contribution < 1.29 is 30.7 Å². The van der Waals surface area contributed by atoms with Gasteiger partial charge >= 0.3 is 167 Å². The second-order valence-electron chi connectivity index (χ2n) is 6.12. The second kappa shape index (κ2) is 7.85. The molecule has 2 heterocycles. The molecule has 1 aromatic rings. The normalized spacial score (nSPS) is 22.4. The molecule has 1 N–H and O–H groups in total. The maximum atomic E-state index is 12.5. The molecule has 0 unspecified atom stereocenters. The fraction of sp³-hybridized carbons (Fsp3) is 0.263. The van der Waals surface area contributed by atoms with E-state index in [0.29, 0.717) is 25.3 Å². The molecule has 3 rings (SSSR count). The number of amides is 1. The van der Waals surface area contributed by atoms with Gasteiger partial charge in [0.05, 0.1) is 0 Å². The summed E-state index contributed by atoms with van der Waals surface area (Å²) in [7, 11) is 0. The van der Waals surface area contributed by atoms with Crippen LogP contribution in [0, 0.1) is 11.3 Å². The summed E-state index contributed by atoms with van der Waals surface area (Å²) >= 11 is 3.37. The number of halogens is 2. The molecule has 0 spiro atoms. The molecular formula is C19H17BrIN2O2-. The summed E-state index contributed by atoms with van der Waals surface area (Å²) in [6.07, 6.45) is 4.08. The van der Waals surface area contributed by atoms with Crippen LogP contribution in [0.4, 0.5) is 0 Å². The summed E-state index contributed by atoms with van der Waals surface area (Å²) in [6, 6.07) is 7.83. The van der Waals surface area contributed by atoms with E-state index in [1.165, 1.54) is 0 Å². The Labute approximate surface area is 166 Å². The number of carbonyl (C=O) groups excluding carboxylic acids is 1. The van der Waals surface area contributed by atoms with Crippen molar-refractivity contribution >= 4 is 21.8 Å². The molecule has 130 valence electrons. The van der Waals surface area contributed by atoms with Crippen LogP contribution in [-0.2, 0) is 16.8 Å². The van der Waals surface area contributed by atoms with Gasteiger partial charge in [-0.15, -0.1) is 0 Å². The van der Waals surface area contributed by atoms with Gasteiger partial charge in [0.25, 0.3) is 0 Å². The van der Waals surface area contributed by atoms with Gasteiger partial charge in [-0.2, -0.15) is 0 Å². The van der Waals surface area contributed by atoms with Crippen LogP contribution in [0.1, 0.15) is 28.4 Å². The molecule has 1 amide bonds. The molecule has 2 aliphatic heterocycles. The number of nitriles is 1. The molecule has 25 heavy (non-hydrogen) atoms. The van der Waals surface area contributed by atoms with E-state index in [1.54, 1.807) is 6.07 Å². The minimum absolute atomic E-state index is 0.116. The molecule has 4 nitrogen and oxygen atoms in total. The third-order valence-electron chi connectivity index (χ3n) is 4.14. The number of rotatable bonds is 3. The Kier molecular flexibility index (Phi) is 5.77. The van der Waals surface area contributed by atoms with Crippen molar-refractivity contribution in [2.24, 2.45) is 0 Å². The van der Waals surface area contributed by atoms with Crippen molar-refractivity contribution in [1.29, 1.82) is 5.26 Å². The Balaban J connectivity index is 1.76. The van der Waals surface area contributed by atoms with Crippen molar-refractivity contribution in [3.8, 4) is 6.07 Å². The SMILES string of the molecule is C[C@@]1(C#N)COCc2ccc(C(=O)NCC3=C[I-]C=CC(Br)=C3)cc21. The van der Waals surface area contributed by atoms with Crippen LogP contribution in [0.5, 0.6) is 0 Å². The maximum absolute atomic E-state index is 12.5. The molecular weight excluding hydrogens is 495 g/mol. The van der Waals surface area contributed by atoms with E-state index >= 15 is 0 Å². The molecule has 1 aromatic carbocycles. The van der Waals surface area contributed by atoms with Crippen LogP contribution < -0.4 is 26.5 Å². The van der Waals surface area contributed by atoms with Gasteiger partial charge < -0.3 is 0 Å². The van der Waals surface area contributed by atoms with Crippen molar-refractivity contribution in [1.82, 2.24) is 5.32 Å². The Morgan fingerprint density at radius 1 is 1.52 bits per heavy atom. The van der Waals surface area contributed by atoms with Crippen molar-refractivity contribution in [3.63, 3.8) is 0 Å². The monoisotopic (exact) mass is 511 g/mol. The number of hydrogen-bond donors (Lipinski definition) is 1.